The molecule has 2 N–H and O–H groups in total. The van der Waals surface area contributed by atoms with Gasteiger partial charge in [0.25, 0.3) is 0 Å². The van der Waals surface area contributed by atoms with E-state index in [4.69, 9.17) is 5.73 Å². The molecule has 0 fully saturated rings. The Kier molecular flexibility index (Phi) is 5.83. The van der Waals surface area contributed by atoms with Crippen molar-refractivity contribution in [1.29, 1.82) is 0 Å². The Labute approximate surface area is 112 Å². The van der Waals surface area contributed by atoms with Gasteiger partial charge in [-0.3, -0.25) is 0 Å². The molecule has 0 unspecified atom stereocenters. The van der Waals surface area contributed by atoms with Crippen molar-refractivity contribution in [2.45, 2.75) is 40.5 Å². The molecule has 0 atom stereocenters. The van der Waals surface area contributed by atoms with Crippen LogP contribution in [-0.4, -0.2) is 31.6 Å². The first kappa shape index (κ1) is 15.2. The molecular formula is C16H28N2. The van der Waals surface area contributed by atoms with E-state index < -0.39 is 0 Å². The SMILES string of the molecule is Cc1cc(C)c(C)c(CCCN(C)CCN)c1C. The number of likely N-dealkylation sites (N-methyl/N-ethyl adjacent to an activating group) is 1. The lowest BCUT2D eigenvalue weighted by molar-refractivity contribution is 0.338. The van der Waals surface area contributed by atoms with Gasteiger partial charge in [-0.15, -0.1) is 0 Å². The van der Waals surface area contributed by atoms with Gasteiger partial charge >= 0.3 is 0 Å². The number of rotatable bonds is 6. The summed E-state index contributed by atoms with van der Waals surface area (Å²) in [7, 11) is 2.15. The zero-order chi connectivity index (χ0) is 13.7. The number of nitrogens with zero attached hydrogens (tertiary/aromatic N) is 1. The highest BCUT2D eigenvalue weighted by Crippen LogP contribution is 2.22. The fraction of sp³-hybridized carbons (Fsp3) is 0.625. The Morgan fingerprint density at radius 3 is 2.06 bits per heavy atom. The average Bonchev–Trinajstić information content (AvgIpc) is 2.31. The van der Waals surface area contributed by atoms with Crippen molar-refractivity contribution in [3.05, 3.63) is 33.9 Å². The molecule has 0 aromatic heterocycles. The summed E-state index contributed by atoms with van der Waals surface area (Å²) in [6, 6.07) is 2.30. The first-order valence-electron chi connectivity index (χ1n) is 6.92. The average molecular weight is 248 g/mol. The summed E-state index contributed by atoms with van der Waals surface area (Å²) in [5.74, 6) is 0. The second kappa shape index (κ2) is 6.91. The Bertz CT molecular complexity index is 370. The summed E-state index contributed by atoms with van der Waals surface area (Å²) >= 11 is 0. The van der Waals surface area contributed by atoms with Gasteiger partial charge in [0.15, 0.2) is 0 Å². The lowest BCUT2D eigenvalue weighted by atomic mass is 9.91. The summed E-state index contributed by atoms with van der Waals surface area (Å²) in [5, 5.41) is 0. The van der Waals surface area contributed by atoms with Crippen LogP contribution in [0.15, 0.2) is 6.07 Å². The second-order valence-corrected chi connectivity index (χ2v) is 5.43. The minimum Gasteiger partial charge on any atom is -0.329 e. The van der Waals surface area contributed by atoms with Gasteiger partial charge in [-0.25, -0.2) is 0 Å². The van der Waals surface area contributed by atoms with Gasteiger partial charge in [0, 0.05) is 13.1 Å². The normalized spacial score (nSPS) is 11.3. The molecule has 1 aromatic carbocycles. The van der Waals surface area contributed by atoms with Crippen molar-refractivity contribution < 1.29 is 0 Å². The number of nitrogens with two attached hydrogens (primary N) is 1. The highest BCUT2D eigenvalue weighted by Gasteiger charge is 2.08. The van der Waals surface area contributed by atoms with E-state index in [1.807, 2.05) is 0 Å². The molecule has 2 heteroatoms. The Balaban J connectivity index is 2.67. The molecular weight excluding hydrogens is 220 g/mol. The van der Waals surface area contributed by atoms with E-state index in [1.54, 1.807) is 5.56 Å². The predicted molar refractivity (Wildman–Crippen MR) is 80.3 cm³/mol. The summed E-state index contributed by atoms with van der Waals surface area (Å²) < 4.78 is 0. The fourth-order valence-electron chi connectivity index (χ4n) is 2.53. The van der Waals surface area contributed by atoms with E-state index in [-0.39, 0.29) is 0 Å². The summed E-state index contributed by atoms with van der Waals surface area (Å²) in [6.45, 7) is 11.8. The fourth-order valence-corrected chi connectivity index (χ4v) is 2.53. The maximum absolute atomic E-state index is 5.56. The summed E-state index contributed by atoms with van der Waals surface area (Å²) in [5.41, 5.74) is 12.9. The maximum atomic E-state index is 5.56. The number of hydrogen-bond acceptors (Lipinski definition) is 2. The van der Waals surface area contributed by atoms with E-state index in [2.05, 4.69) is 45.7 Å². The van der Waals surface area contributed by atoms with Crippen LogP contribution in [0.1, 0.15) is 34.2 Å². The largest absolute Gasteiger partial charge is 0.329 e. The van der Waals surface area contributed by atoms with Crippen LogP contribution in [-0.2, 0) is 6.42 Å². The van der Waals surface area contributed by atoms with Crippen LogP contribution in [0.4, 0.5) is 0 Å². The van der Waals surface area contributed by atoms with Crippen molar-refractivity contribution in [3.8, 4) is 0 Å². The third-order valence-corrected chi connectivity index (χ3v) is 4.00. The topological polar surface area (TPSA) is 29.3 Å². The highest BCUT2D eigenvalue weighted by atomic mass is 15.1. The molecule has 1 aromatic rings. The van der Waals surface area contributed by atoms with Crippen LogP contribution >= 0.6 is 0 Å². The highest BCUT2D eigenvalue weighted by molar-refractivity contribution is 5.44. The van der Waals surface area contributed by atoms with Crippen molar-refractivity contribution in [3.63, 3.8) is 0 Å². The van der Waals surface area contributed by atoms with E-state index in [1.165, 1.54) is 35.1 Å². The van der Waals surface area contributed by atoms with Gasteiger partial charge in [0.2, 0.25) is 0 Å². The number of benzene rings is 1. The van der Waals surface area contributed by atoms with Gasteiger partial charge in [-0.2, -0.15) is 0 Å². The van der Waals surface area contributed by atoms with Crippen LogP contribution < -0.4 is 5.73 Å². The van der Waals surface area contributed by atoms with Gasteiger partial charge < -0.3 is 10.6 Å². The van der Waals surface area contributed by atoms with Crippen LogP contribution in [0, 0.1) is 27.7 Å². The van der Waals surface area contributed by atoms with Gasteiger partial charge in [0.05, 0.1) is 0 Å². The molecule has 0 amide bonds. The van der Waals surface area contributed by atoms with Crippen molar-refractivity contribution in [1.82, 2.24) is 4.90 Å². The van der Waals surface area contributed by atoms with Crippen molar-refractivity contribution in [2.75, 3.05) is 26.7 Å². The molecule has 0 spiro atoms. The lowest BCUT2D eigenvalue weighted by Crippen LogP contribution is -2.26. The van der Waals surface area contributed by atoms with Gasteiger partial charge in [0.1, 0.15) is 0 Å². The number of hydrogen-bond donors (Lipinski definition) is 1. The third kappa shape index (κ3) is 3.82. The van der Waals surface area contributed by atoms with Crippen LogP contribution in [0.3, 0.4) is 0 Å². The van der Waals surface area contributed by atoms with Gasteiger partial charge in [-0.05, 0) is 81.9 Å². The lowest BCUT2D eigenvalue weighted by Gasteiger charge is -2.18. The Morgan fingerprint density at radius 1 is 1.00 bits per heavy atom. The molecule has 2 nitrogen and oxygen atoms in total. The zero-order valence-corrected chi connectivity index (χ0v) is 12.6. The van der Waals surface area contributed by atoms with E-state index in [0.717, 1.165) is 19.6 Å². The van der Waals surface area contributed by atoms with Crippen molar-refractivity contribution >= 4 is 0 Å². The molecule has 0 heterocycles. The standard InChI is InChI=1S/C16H28N2/c1-12-11-13(2)15(4)16(14(12)3)7-6-9-18(5)10-8-17/h11H,6-10,17H2,1-5H3. The quantitative estimate of drug-likeness (QED) is 0.839. The number of aryl methyl sites for hydroxylation is 2. The van der Waals surface area contributed by atoms with Gasteiger partial charge in [-0.1, -0.05) is 6.07 Å². The first-order valence-corrected chi connectivity index (χ1v) is 6.92. The molecule has 0 aliphatic rings. The third-order valence-electron chi connectivity index (χ3n) is 4.00. The van der Waals surface area contributed by atoms with Crippen LogP contribution in [0.25, 0.3) is 0 Å². The smallest absolute Gasteiger partial charge is 0.0102 e. The minimum atomic E-state index is 0.748. The molecule has 0 saturated heterocycles. The predicted octanol–water partition coefficient (Wildman–Crippen LogP) is 2.74. The van der Waals surface area contributed by atoms with Crippen LogP contribution in [0.5, 0.6) is 0 Å². The molecule has 0 aliphatic heterocycles. The van der Waals surface area contributed by atoms with E-state index in [9.17, 15) is 0 Å². The molecule has 102 valence electrons. The molecule has 0 saturated carbocycles. The molecule has 0 radical (unpaired) electrons. The Hall–Kier alpha value is -0.860. The van der Waals surface area contributed by atoms with Crippen LogP contribution in [0.2, 0.25) is 0 Å². The summed E-state index contributed by atoms with van der Waals surface area (Å²) in [4.78, 5) is 2.31. The van der Waals surface area contributed by atoms with E-state index >= 15 is 0 Å². The molecule has 0 aliphatic carbocycles. The molecule has 1 rings (SSSR count). The first-order chi connectivity index (χ1) is 8.47. The second-order valence-electron chi connectivity index (χ2n) is 5.43. The Morgan fingerprint density at radius 2 is 1.56 bits per heavy atom. The van der Waals surface area contributed by atoms with Crippen molar-refractivity contribution in [2.24, 2.45) is 5.73 Å². The zero-order valence-electron chi connectivity index (χ0n) is 12.6. The minimum absolute atomic E-state index is 0.748. The summed E-state index contributed by atoms with van der Waals surface area (Å²) in [6.07, 6.45) is 2.39. The monoisotopic (exact) mass is 248 g/mol. The molecule has 18 heavy (non-hydrogen) atoms. The van der Waals surface area contributed by atoms with E-state index in [0.29, 0.717) is 0 Å². The maximum Gasteiger partial charge on any atom is 0.0102 e. The molecule has 0 bridgehead atoms.